The Balaban J connectivity index is 0.00000288. The summed E-state index contributed by atoms with van der Waals surface area (Å²) in [7, 11) is -3.54. The van der Waals surface area contributed by atoms with E-state index in [1.165, 1.54) is 12.1 Å². The van der Waals surface area contributed by atoms with E-state index in [4.69, 9.17) is 10.5 Å². The highest BCUT2D eigenvalue weighted by molar-refractivity contribution is 7.89. The van der Waals surface area contributed by atoms with Gasteiger partial charge in [0.05, 0.1) is 11.0 Å². The normalized spacial score (nSPS) is 17.3. The lowest BCUT2D eigenvalue weighted by Crippen LogP contribution is -2.31. The molecule has 0 bridgehead atoms. The Morgan fingerprint density at radius 3 is 2.58 bits per heavy atom. The number of amides is 1. The van der Waals surface area contributed by atoms with E-state index in [2.05, 4.69) is 10.0 Å². The zero-order chi connectivity index (χ0) is 16.7. The quantitative estimate of drug-likeness (QED) is 0.612. The average molecular weight is 378 g/mol. The van der Waals surface area contributed by atoms with E-state index >= 15 is 0 Å². The second kappa shape index (κ2) is 9.95. The van der Waals surface area contributed by atoms with Crippen molar-refractivity contribution in [1.29, 1.82) is 0 Å². The van der Waals surface area contributed by atoms with Crippen molar-refractivity contribution in [3.63, 3.8) is 0 Å². The van der Waals surface area contributed by atoms with Crippen LogP contribution in [0.5, 0.6) is 0 Å². The van der Waals surface area contributed by atoms with Crippen LogP contribution in [0.2, 0.25) is 0 Å². The van der Waals surface area contributed by atoms with Gasteiger partial charge in [-0.05, 0) is 30.5 Å². The SMILES string of the molecule is Cl.NCCC(=O)NCc1ccc(S(=O)(=O)NCC2CCCO2)cc1. The Bertz CT molecular complexity index is 616. The van der Waals surface area contributed by atoms with Crippen LogP contribution in [0.15, 0.2) is 29.2 Å². The average Bonchev–Trinajstić information content (AvgIpc) is 3.05. The third kappa shape index (κ3) is 6.37. The van der Waals surface area contributed by atoms with Crippen LogP contribution in [0.1, 0.15) is 24.8 Å². The van der Waals surface area contributed by atoms with Crippen LogP contribution < -0.4 is 15.8 Å². The molecule has 1 aromatic rings. The molecule has 2 rings (SSSR count). The molecule has 24 heavy (non-hydrogen) atoms. The number of hydrogen-bond donors (Lipinski definition) is 3. The summed E-state index contributed by atoms with van der Waals surface area (Å²) in [5, 5.41) is 2.72. The summed E-state index contributed by atoms with van der Waals surface area (Å²) in [5.74, 6) is -0.123. The summed E-state index contributed by atoms with van der Waals surface area (Å²) in [6, 6.07) is 6.43. The minimum atomic E-state index is -3.54. The summed E-state index contributed by atoms with van der Waals surface area (Å²) in [4.78, 5) is 11.5. The van der Waals surface area contributed by atoms with Crippen molar-refractivity contribution in [1.82, 2.24) is 10.0 Å². The minimum Gasteiger partial charge on any atom is -0.377 e. The van der Waals surface area contributed by atoms with Gasteiger partial charge in [-0.2, -0.15) is 0 Å². The largest absolute Gasteiger partial charge is 0.377 e. The van der Waals surface area contributed by atoms with Crippen LogP contribution in [0, 0.1) is 0 Å². The van der Waals surface area contributed by atoms with E-state index in [-0.39, 0.29) is 35.7 Å². The van der Waals surface area contributed by atoms with Gasteiger partial charge in [-0.25, -0.2) is 13.1 Å². The van der Waals surface area contributed by atoms with Gasteiger partial charge < -0.3 is 15.8 Å². The Kier molecular flexibility index (Phi) is 8.65. The fourth-order valence-electron chi connectivity index (χ4n) is 2.30. The fraction of sp³-hybridized carbons (Fsp3) is 0.533. The molecule has 0 radical (unpaired) electrons. The number of nitrogens with one attached hydrogen (secondary N) is 2. The summed E-state index contributed by atoms with van der Waals surface area (Å²) >= 11 is 0. The van der Waals surface area contributed by atoms with Crippen LogP contribution in [0.4, 0.5) is 0 Å². The van der Waals surface area contributed by atoms with Crippen LogP contribution in [-0.4, -0.2) is 40.1 Å². The molecule has 1 amide bonds. The molecule has 0 saturated carbocycles. The van der Waals surface area contributed by atoms with E-state index in [0.29, 0.717) is 26.2 Å². The van der Waals surface area contributed by atoms with Gasteiger partial charge in [0.25, 0.3) is 0 Å². The number of nitrogens with two attached hydrogens (primary N) is 1. The Labute approximate surface area is 148 Å². The van der Waals surface area contributed by atoms with E-state index in [1.807, 2.05) is 0 Å². The lowest BCUT2D eigenvalue weighted by atomic mass is 10.2. The number of carbonyl (C=O) groups excluding carboxylic acids is 1. The summed E-state index contributed by atoms with van der Waals surface area (Å²) < 4.78 is 32.4. The van der Waals surface area contributed by atoms with Crippen LogP contribution in [0.3, 0.4) is 0 Å². The monoisotopic (exact) mass is 377 g/mol. The van der Waals surface area contributed by atoms with Gasteiger partial charge in [0.15, 0.2) is 0 Å². The Morgan fingerprint density at radius 1 is 1.29 bits per heavy atom. The molecule has 1 heterocycles. The maximum Gasteiger partial charge on any atom is 0.240 e. The zero-order valence-corrected chi connectivity index (χ0v) is 15.0. The molecular formula is C15H24ClN3O4S. The van der Waals surface area contributed by atoms with E-state index in [9.17, 15) is 13.2 Å². The van der Waals surface area contributed by atoms with Crippen LogP contribution in [0.25, 0.3) is 0 Å². The number of carbonyl (C=O) groups is 1. The molecule has 1 fully saturated rings. The molecule has 0 aliphatic carbocycles. The highest BCUT2D eigenvalue weighted by atomic mass is 35.5. The molecule has 1 atom stereocenters. The van der Waals surface area contributed by atoms with Gasteiger partial charge >= 0.3 is 0 Å². The molecular weight excluding hydrogens is 354 g/mol. The van der Waals surface area contributed by atoms with Crippen molar-refractivity contribution < 1.29 is 17.9 Å². The second-order valence-corrected chi connectivity index (χ2v) is 7.21. The second-order valence-electron chi connectivity index (χ2n) is 5.45. The molecule has 1 aliphatic rings. The first-order valence-corrected chi connectivity index (χ1v) is 9.16. The Morgan fingerprint density at radius 2 is 2.00 bits per heavy atom. The molecule has 4 N–H and O–H groups in total. The fourth-order valence-corrected chi connectivity index (χ4v) is 3.36. The van der Waals surface area contributed by atoms with Gasteiger partial charge in [0, 0.05) is 32.7 Å². The summed E-state index contributed by atoms with van der Waals surface area (Å²) in [6.45, 7) is 1.64. The first-order chi connectivity index (χ1) is 11.0. The lowest BCUT2D eigenvalue weighted by molar-refractivity contribution is -0.121. The summed E-state index contributed by atoms with van der Waals surface area (Å²) in [5.41, 5.74) is 6.12. The van der Waals surface area contributed by atoms with Gasteiger partial charge in [-0.3, -0.25) is 4.79 Å². The zero-order valence-electron chi connectivity index (χ0n) is 13.4. The Hall–Kier alpha value is -1.19. The summed E-state index contributed by atoms with van der Waals surface area (Å²) in [6.07, 6.45) is 2.09. The predicted octanol–water partition coefficient (Wildman–Crippen LogP) is 0.531. The lowest BCUT2D eigenvalue weighted by Gasteiger charge is -2.12. The molecule has 9 heteroatoms. The highest BCUT2D eigenvalue weighted by Crippen LogP contribution is 2.14. The topological polar surface area (TPSA) is 111 Å². The third-order valence-electron chi connectivity index (χ3n) is 3.62. The van der Waals surface area contributed by atoms with E-state index in [1.54, 1.807) is 12.1 Å². The first-order valence-electron chi connectivity index (χ1n) is 7.68. The van der Waals surface area contributed by atoms with Crippen LogP contribution in [-0.2, 0) is 26.1 Å². The van der Waals surface area contributed by atoms with Crippen molar-refractivity contribution in [2.24, 2.45) is 5.73 Å². The van der Waals surface area contributed by atoms with Crippen molar-refractivity contribution in [3.05, 3.63) is 29.8 Å². The van der Waals surface area contributed by atoms with Gasteiger partial charge in [0.2, 0.25) is 15.9 Å². The molecule has 1 aliphatic heterocycles. The maximum atomic E-state index is 12.2. The third-order valence-corrected chi connectivity index (χ3v) is 5.06. The van der Waals surface area contributed by atoms with Crippen molar-refractivity contribution in [2.75, 3.05) is 19.7 Å². The number of sulfonamides is 1. The number of benzene rings is 1. The van der Waals surface area contributed by atoms with E-state index < -0.39 is 10.0 Å². The number of hydrogen-bond acceptors (Lipinski definition) is 5. The van der Waals surface area contributed by atoms with Crippen molar-refractivity contribution in [3.8, 4) is 0 Å². The van der Waals surface area contributed by atoms with Gasteiger partial charge in [-0.1, -0.05) is 12.1 Å². The molecule has 0 spiro atoms. The first kappa shape index (κ1) is 20.9. The van der Waals surface area contributed by atoms with Crippen molar-refractivity contribution >= 4 is 28.3 Å². The molecule has 1 unspecified atom stereocenters. The number of rotatable bonds is 8. The number of ether oxygens (including phenoxy) is 1. The molecule has 0 aromatic heterocycles. The minimum absolute atomic E-state index is 0. The van der Waals surface area contributed by atoms with Gasteiger partial charge in [-0.15, -0.1) is 12.4 Å². The smallest absolute Gasteiger partial charge is 0.240 e. The van der Waals surface area contributed by atoms with Crippen molar-refractivity contribution in [2.45, 2.75) is 36.8 Å². The highest BCUT2D eigenvalue weighted by Gasteiger charge is 2.20. The van der Waals surface area contributed by atoms with E-state index in [0.717, 1.165) is 18.4 Å². The molecule has 1 aromatic carbocycles. The predicted molar refractivity (Wildman–Crippen MR) is 93.4 cm³/mol. The van der Waals surface area contributed by atoms with Crippen LogP contribution >= 0.6 is 12.4 Å². The number of halogens is 1. The standard InChI is InChI=1S/C15H23N3O4S.ClH/c16-8-7-15(19)17-10-12-3-5-14(6-4-12)23(20,21)18-11-13-2-1-9-22-13;/h3-6,13,18H,1-2,7-11,16H2,(H,17,19);1H. The van der Waals surface area contributed by atoms with Gasteiger partial charge in [0.1, 0.15) is 0 Å². The molecule has 136 valence electrons. The molecule has 1 saturated heterocycles. The maximum absolute atomic E-state index is 12.2. The molecule has 7 nitrogen and oxygen atoms in total.